The molecule has 2 rings (SSSR count). The zero-order valence-electron chi connectivity index (χ0n) is 16.5. The number of nitrogens with one attached hydrogen (secondary N) is 1. The molecule has 0 spiro atoms. The normalized spacial score (nSPS) is 11.8. The lowest BCUT2D eigenvalue weighted by atomic mass is 10.1. The molecule has 2 aromatic carbocycles. The van der Waals surface area contributed by atoms with Gasteiger partial charge in [-0.15, -0.1) is 0 Å². The number of halogens is 2. The van der Waals surface area contributed by atoms with Crippen molar-refractivity contribution in [1.29, 1.82) is 0 Å². The predicted molar refractivity (Wildman–Crippen MR) is 115 cm³/mol. The molecule has 0 heterocycles. The Morgan fingerprint density at radius 1 is 1.11 bits per heavy atom. The van der Waals surface area contributed by atoms with E-state index >= 15 is 0 Å². The van der Waals surface area contributed by atoms with Crippen molar-refractivity contribution in [2.24, 2.45) is 0 Å². The molecule has 1 N–H and O–H groups in total. The van der Waals surface area contributed by atoms with Crippen LogP contribution in [0.5, 0.6) is 0 Å². The summed E-state index contributed by atoms with van der Waals surface area (Å²) in [7, 11) is 0. The maximum absolute atomic E-state index is 13.2. The third kappa shape index (κ3) is 5.98. The van der Waals surface area contributed by atoms with Gasteiger partial charge in [0.2, 0.25) is 11.8 Å². The van der Waals surface area contributed by atoms with Gasteiger partial charge in [0.1, 0.15) is 6.04 Å². The highest BCUT2D eigenvalue weighted by Crippen LogP contribution is 2.24. The van der Waals surface area contributed by atoms with Gasteiger partial charge in [-0.05, 0) is 43.5 Å². The summed E-state index contributed by atoms with van der Waals surface area (Å²) in [5, 5.41) is 3.84. The van der Waals surface area contributed by atoms with E-state index in [4.69, 9.17) is 23.2 Å². The number of nitrogens with zero attached hydrogens (tertiary/aromatic N) is 1. The maximum atomic E-state index is 13.2. The SMILES string of the molecule is CCNC(=O)[C@@H](CC)N(Cc1ccc(Cl)cc1Cl)C(=O)Cc1cccc(C)c1. The molecule has 0 saturated carbocycles. The van der Waals surface area contributed by atoms with Gasteiger partial charge in [-0.25, -0.2) is 0 Å². The summed E-state index contributed by atoms with van der Waals surface area (Å²) in [6, 6.07) is 12.4. The van der Waals surface area contributed by atoms with Crippen LogP contribution in [0.25, 0.3) is 0 Å². The van der Waals surface area contributed by atoms with Gasteiger partial charge in [0, 0.05) is 23.1 Å². The van der Waals surface area contributed by atoms with Crippen LogP contribution in [-0.4, -0.2) is 29.3 Å². The quantitative estimate of drug-likeness (QED) is 0.667. The van der Waals surface area contributed by atoms with E-state index in [1.165, 1.54) is 0 Å². The number of hydrogen-bond acceptors (Lipinski definition) is 2. The van der Waals surface area contributed by atoms with E-state index in [0.29, 0.717) is 23.0 Å². The highest BCUT2D eigenvalue weighted by molar-refractivity contribution is 6.35. The van der Waals surface area contributed by atoms with Gasteiger partial charge < -0.3 is 10.2 Å². The average Bonchev–Trinajstić information content (AvgIpc) is 2.63. The zero-order valence-corrected chi connectivity index (χ0v) is 18.0. The summed E-state index contributed by atoms with van der Waals surface area (Å²) < 4.78 is 0. The lowest BCUT2D eigenvalue weighted by molar-refractivity contribution is -0.140. The maximum Gasteiger partial charge on any atom is 0.242 e. The predicted octanol–water partition coefficient (Wildman–Crippen LogP) is 4.79. The zero-order chi connectivity index (χ0) is 20.7. The molecule has 0 fully saturated rings. The molecular weight excluding hydrogens is 395 g/mol. The van der Waals surface area contributed by atoms with Crippen LogP contribution >= 0.6 is 23.2 Å². The van der Waals surface area contributed by atoms with Crippen LogP contribution in [0.2, 0.25) is 10.0 Å². The molecule has 2 aromatic rings. The molecule has 1 atom stereocenters. The Labute approximate surface area is 176 Å². The van der Waals surface area contributed by atoms with Crippen LogP contribution in [-0.2, 0) is 22.6 Å². The second-order valence-electron chi connectivity index (χ2n) is 6.74. The van der Waals surface area contributed by atoms with E-state index in [1.807, 2.05) is 45.0 Å². The van der Waals surface area contributed by atoms with Crippen molar-refractivity contribution < 1.29 is 9.59 Å². The average molecular weight is 421 g/mol. The Balaban J connectivity index is 2.33. The molecular formula is C22H26Cl2N2O2. The summed E-state index contributed by atoms with van der Waals surface area (Å²) in [4.78, 5) is 27.4. The number of benzene rings is 2. The molecule has 6 heteroatoms. The van der Waals surface area contributed by atoms with Gasteiger partial charge in [0.25, 0.3) is 0 Å². The Morgan fingerprint density at radius 2 is 1.86 bits per heavy atom. The highest BCUT2D eigenvalue weighted by Gasteiger charge is 2.28. The van der Waals surface area contributed by atoms with E-state index in [-0.39, 0.29) is 24.8 Å². The van der Waals surface area contributed by atoms with E-state index in [0.717, 1.165) is 16.7 Å². The first kappa shape index (κ1) is 22.3. The van der Waals surface area contributed by atoms with Crippen molar-refractivity contribution in [2.45, 2.75) is 46.2 Å². The standard InChI is InChI=1S/C22H26Cl2N2O2/c1-4-20(22(28)25-5-2)26(14-17-9-10-18(23)13-19(17)24)21(27)12-16-8-6-7-15(3)11-16/h6-11,13,20H,4-5,12,14H2,1-3H3,(H,25,28)/t20-/m1/s1. The van der Waals surface area contributed by atoms with Crippen molar-refractivity contribution in [3.05, 3.63) is 69.2 Å². The number of rotatable bonds is 8. The van der Waals surface area contributed by atoms with Gasteiger partial charge in [0.05, 0.1) is 6.42 Å². The monoisotopic (exact) mass is 420 g/mol. The minimum Gasteiger partial charge on any atom is -0.355 e. The minimum atomic E-state index is -0.566. The molecule has 0 radical (unpaired) electrons. The summed E-state index contributed by atoms with van der Waals surface area (Å²) in [5.41, 5.74) is 2.77. The number of carbonyl (C=O) groups excluding carboxylic acids is 2. The van der Waals surface area contributed by atoms with Gasteiger partial charge >= 0.3 is 0 Å². The Bertz CT molecular complexity index is 839. The van der Waals surface area contributed by atoms with Crippen molar-refractivity contribution in [2.75, 3.05) is 6.54 Å². The summed E-state index contributed by atoms with van der Waals surface area (Å²) in [5.74, 6) is -0.276. The van der Waals surface area contributed by atoms with Gasteiger partial charge in [0.15, 0.2) is 0 Å². The van der Waals surface area contributed by atoms with Crippen LogP contribution in [0.4, 0.5) is 0 Å². The second-order valence-corrected chi connectivity index (χ2v) is 7.59. The molecule has 2 amide bonds. The molecule has 0 saturated heterocycles. The van der Waals surface area contributed by atoms with Crippen LogP contribution < -0.4 is 5.32 Å². The molecule has 0 aliphatic rings. The number of amides is 2. The fourth-order valence-electron chi connectivity index (χ4n) is 3.14. The first-order valence-corrected chi connectivity index (χ1v) is 10.2. The second kappa shape index (κ2) is 10.5. The topological polar surface area (TPSA) is 49.4 Å². The summed E-state index contributed by atoms with van der Waals surface area (Å²) >= 11 is 12.3. The lowest BCUT2D eigenvalue weighted by Crippen LogP contribution is -2.49. The Morgan fingerprint density at radius 3 is 2.46 bits per heavy atom. The summed E-state index contributed by atoms with van der Waals surface area (Å²) in [6.07, 6.45) is 0.736. The molecule has 0 unspecified atom stereocenters. The van der Waals surface area contributed by atoms with Crippen LogP contribution in [0.1, 0.15) is 37.0 Å². The third-order valence-electron chi connectivity index (χ3n) is 4.53. The van der Waals surface area contributed by atoms with Gasteiger partial charge in [-0.1, -0.05) is 66.0 Å². The third-order valence-corrected chi connectivity index (χ3v) is 5.12. The van der Waals surface area contributed by atoms with Crippen molar-refractivity contribution >= 4 is 35.0 Å². The van der Waals surface area contributed by atoms with E-state index in [1.54, 1.807) is 23.1 Å². The highest BCUT2D eigenvalue weighted by atomic mass is 35.5. The number of carbonyl (C=O) groups is 2. The van der Waals surface area contributed by atoms with Crippen LogP contribution in [0.3, 0.4) is 0 Å². The molecule has 28 heavy (non-hydrogen) atoms. The van der Waals surface area contributed by atoms with E-state index < -0.39 is 6.04 Å². The number of likely N-dealkylation sites (N-methyl/N-ethyl adjacent to an activating group) is 1. The van der Waals surface area contributed by atoms with Gasteiger partial charge in [-0.3, -0.25) is 9.59 Å². The van der Waals surface area contributed by atoms with Crippen molar-refractivity contribution in [3.63, 3.8) is 0 Å². The minimum absolute atomic E-state index is 0.116. The molecule has 150 valence electrons. The Kier molecular flexibility index (Phi) is 8.34. The smallest absolute Gasteiger partial charge is 0.242 e. The van der Waals surface area contributed by atoms with Crippen LogP contribution in [0, 0.1) is 6.92 Å². The molecule has 0 aliphatic heterocycles. The molecule has 0 bridgehead atoms. The van der Waals surface area contributed by atoms with Crippen molar-refractivity contribution in [3.8, 4) is 0 Å². The largest absolute Gasteiger partial charge is 0.355 e. The number of aryl methyl sites for hydroxylation is 1. The molecule has 4 nitrogen and oxygen atoms in total. The fourth-order valence-corrected chi connectivity index (χ4v) is 3.61. The van der Waals surface area contributed by atoms with E-state index in [9.17, 15) is 9.59 Å². The first-order valence-electron chi connectivity index (χ1n) is 9.42. The van der Waals surface area contributed by atoms with Crippen LogP contribution in [0.15, 0.2) is 42.5 Å². The lowest BCUT2D eigenvalue weighted by Gasteiger charge is -2.31. The number of hydrogen-bond donors (Lipinski definition) is 1. The molecule has 0 aromatic heterocycles. The van der Waals surface area contributed by atoms with Gasteiger partial charge in [-0.2, -0.15) is 0 Å². The Hall–Kier alpha value is -2.04. The van der Waals surface area contributed by atoms with E-state index in [2.05, 4.69) is 5.32 Å². The van der Waals surface area contributed by atoms with Crippen molar-refractivity contribution in [1.82, 2.24) is 10.2 Å². The molecule has 0 aliphatic carbocycles. The fraction of sp³-hybridized carbons (Fsp3) is 0.364. The summed E-state index contributed by atoms with van der Waals surface area (Å²) in [6.45, 7) is 6.51. The first-order chi connectivity index (χ1) is 13.3.